The standard InChI is InChI=1S/C19H18O2/c1-13-9-10-15(14-7-5-4-6-8-14)17-12-19(21-3)18(20-2)11-16(13)17/h4-12H,1-3H3. The van der Waals surface area contributed by atoms with Crippen molar-refractivity contribution in [1.82, 2.24) is 0 Å². The summed E-state index contributed by atoms with van der Waals surface area (Å²) < 4.78 is 10.9. The molecule has 0 aliphatic carbocycles. The van der Waals surface area contributed by atoms with E-state index in [1.807, 2.05) is 6.07 Å². The molecule has 0 saturated heterocycles. The van der Waals surface area contributed by atoms with Crippen LogP contribution in [0.15, 0.2) is 54.6 Å². The summed E-state index contributed by atoms with van der Waals surface area (Å²) >= 11 is 0. The highest BCUT2D eigenvalue weighted by Crippen LogP contribution is 2.38. The lowest BCUT2D eigenvalue weighted by Crippen LogP contribution is -1.92. The molecule has 106 valence electrons. The summed E-state index contributed by atoms with van der Waals surface area (Å²) in [5, 5.41) is 2.37. The fourth-order valence-electron chi connectivity index (χ4n) is 2.69. The van der Waals surface area contributed by atoms with Crippen molar-refractivity contribution in [2.75, 3.05) is 14.2 Å². The van der Waals surface area contributed by atoms with Gasteiger partial charge in [0.15, 0.2) is 11.5 Å². The van der Waals surface area contributed by atoms with E-state index >= 15 is 0 Å². The first-order valence-electron chi connectivity index (χ1n) is 6.95. The molecule has 0 fully saturated rings. The fourth-order valence-corrected chi connectivity index (χ4v) is 2.69. The van der Waals surface area contributed by atoms with Crippen molar-refractivity contribution in [3.8, 4) is 22.6 Å². The van der Waals surface area contributed by atoms with Gasteiger partial charge < -0.3 is 9.47 Å². The van der Waals surface area contributed by atoms with Gasteiger partial charge in [-0.1, -0.05) is 42.5 Å². The molecular formula is C19H18O2. The van der Waals surface area contributed by atoms with E-state index in [2.05, 4.69) is 55.5 Å². The van der Waals surface area contributed by atoms with E-state index in [1.54, 1.807) is 14.2 Å². The number of hydrogen-bond acceptors (Lipinski definition) is 2. The lowest BCUT2D eigenvalue weighted by molar-refractivity contribution is 0.356. The topological polar surface area (TPSA) is 18.5 Å². The van der Waals surface area contributed by atoms with Crippen LogP contribution in [0.5, 0.6) is 11.5 Å². The van der Waals surface area contributed by atoms with Crippen LogP contribution in [0.3, 0.4) is 0 Å². The van der Waals surface area contributed by atoms with Crippen molar-refractivity contribution < 1.29 is 9.47 Å². The molecule has 0 aliphatic rings. The SMILES string of the molecule is COc1cc2c(C)ccc(-c3ccccc3)c2cc1OC. The zero-order valence-corrected chi connectivity index (χ0v) is 12.5. The number of rotatable bonds is 3. The Bertz CT molecular complexity index is 776. The fraction of sp³-hybridized carbons (Fsp3) is 0.158. The molecule has 21 heavy (non-hydrogen) atoms. The minimum absolute atomic E-state index is 0.757. The van der Waals surface area contributed by atoms with Crippen LogP contribution in [0.2, 0.25) is 0 Å². The molecule has 0 radical (unpaired) electrons. The van der Waals surface area contributed by atoms with Gasteiger partial charge in [0.25, 0.3) is 0 Å². The molecule has 0 saturated carbocycles. The smallest absolute Gasteiger partial charge is 0.161 e. The largest absolute Gasteiger partial charge is 0.493 e. The summed E-state index contributed by atoms with van der Waals surface area (Å²) in [5.41, 5.74) is 3.64. The van der Waals surface area contributed by atoms with Gasteiger partial charge >= 0.3 is 0 Å². The van der Waals surface area contributed by atoms with Gasteiger partial charge in [0.2, 0.25) is 0 Å². The van der Waals surface area contributed by atoms with Gasteiger partial charge in [0.05, 0.1) is 14.2 Å². The monoisotopic (exact) mass is 278 g/mol. The van der Waals surface area contributed by atoms with Gasteiger partial charge in [-0.15, -0.1) is 0 Å². The van der Waals surface area contributed by atoms with E-state index in [0.29, 0.717) is 0 Å². The van der Waals surface area contributed by atoms with E-state index in [0.717, 1.165) is 11.5 Å². The zero-order valence-electron chi connectivity index (χ0n) is 12.5. The van der Waals surface area contributed by atoms with Crippen molar-refractivity contribution in [3.63, 3.8) is 0 Å². The van der Waals surface area contributed by atoms with Crippen LogP contribution >= 0.6 is 0 Å². The normalized spacial score (nSPS) is 10.6. The van der Waals surface area contributed by atoms with Crippen molar-refractivity contribution >= 4 is 10.8 Å². The summed E-state index contributed by atoms with van der Waals surface area (Å²) in [4.78, 5) is 0. The molecule has 0 aliphatic heterocycles. The van der Waals surface area contributed by atoms with Gasteiger partial charge in [-0.05, 0) is 46.5 Å². The number of ether oxygens (including phenoxy) is 2. The van der Waals surface area contributed by atoms with Crippen LogP contribution in [-0.2, 0) is 0 Å². The molecule has 0 atom stereocenters. The van der Waals surface area contributed by atoms with Crippen molar-refractivity contribution in [1.29, 1.82) is 0 Å². The first-order valence-corrected chi connectivity index (χ1v) is 6.95. The van der Waals surface area contributed by atoms with Gasteiger partial charge in [-0.25, -0.2) is 0 Å². The molecule has 0 aromatic heterocycles. The van der Waals surface area contributed by atoms with E-state index in [4.69, 9.17) is 9.47 Å². The Labute approximate surface area is 124 Å². The van der Waals surface area contributed by atoms with Crippen molar-refractivity contribution in [3.05, 3.63) is 60.2 Å². The molecule has 2 heteroatoms. The Morgan fingerprint density at radius 2 is 1.33 bits per heavy atom. The molecule has 0 amide bonds. The number of fused-ring (bicyclic) bond motifs is 1. The second-order valence-corrected chi connectivity index (χ2v) is 5.05. The molecule has 0 N–H and O–H groups in total. The van der Waals surface area contributed by atoms with E-state index in [1.165, 1.54) is 27.5 Å². The number of benzene rings is 3. The third kappa shape index (κ3) is 2.33. The van der Waals surface area contributed by atoms with Crippen molar-refractivity contribution in [2.24, 2.45) is 0 Å². The maximum Gasteiger partial charge on any atom is 0.161 e. The highest BCUT2D eigenvalue weighted by molar-refractivity contribution is 6.00. The van der Waals surface area contributed by atoms with E-state index in [-0.39, 0.29) is 0 Å². The minimum atomic E-state index is 0.757. The maximum absolute atomic E-state index is 5.45. The van der Waals surface area contributed by atoms with Gasteiger partial charge in [-0.3, -0.25) is 0 Å². The molecule has 3 rings (SSSR count). The summed E-state index contributed by atoms with van der Waals surface area (Å²) in [5.74, 6) is 1.52. The van der Waals surface area contributed by atoms with Crippen LogP contribution in [0.25, 0.3) is 21.9 Å². The van der Waals surface area contributed by atoms with Gasteiger partial charge in [-0.2, -0.15) is 0 Å². The number of hydrogen-bond donors (Lipinski definition) is 0. The average molecular weight is 278 g/mol. The Kier molecular flexibility index (Phi) is 3.53. The number of aryl methyl sites for hydroxylation is 1. The highest BCUT2D eigenvalue weighted by atomic mass is 16.5. The van der Waals surface area contributed by atoms with Crippen LogP contribution in [0, 0.1) is 6.92 Å². The highest BCUT2D eigenvalue weighted by Gasteiger charge is 2.11. The zero-order chi connectivity index (χ0) is 14.8. The van der Waals surface area contributed by atoms with Crippen LogP contribution < -0.4 is 9.47 Å². The van der Waals surface area contributed by atoms with E-state index in [9.17, 15) is 0 Å². The second-order valence-electron chi connectivity index (χ2n) is 5.05. The second kappa shape index (κ2) is 5.49. The molecular weight excluding hydrogens is 260 g/mol. The lowest BCUT2D eigenvalue weighted by atomic mass is 9.95. The van der Waals surface area contributed by atoms with Gasteiger partial charge in [0.1, 0.15) is 0 Å². The molecule has 2 nitrogen and oxygen atoms in total. The van der Waals surface area contributed by atoms with Crippen LogP contribution in [0.4, 0.5) is 0 Å². The molecule has 0 spiro atoms. The predicted octanol–water partition coefficient (Wildman–Crippen LogP) is 4.83. The van der Waals surface area contributed by atoms with Gasteiger partial charge in [0, 0.05) is 0 Å². The van der Waals surface area contributed by atoms with Crippen LogP contribution in [0.1, 0.15) is 5.56 Å². The Morgan fingerprint density at radius 3 is 1.95 bits per heavy atom. The summed E-state index contributed by atoms with van der Waals surface area (Å²) in [6.45, 7) is 2.11. The summed E-state index contributed by atoms with van der Waals surface area (Å²) in [6, 6.07) is 18.8. The Morgan fingerprint density at radius 1 is 0.714 bits per heavy atom. The Balaban J connectivity index is 2.35. The molecule has 3 aromatic rings. The molecule has 0 unspecified atom stereocenters. The molecule has 0 bridgehead atoms. The van der Waals surface area contributed by atoms with Crippen LogP contribution in [-0.4, -0.2) is 14.2 Å². The summed E-state index contributed by atoms with van der Waals surface area (Å²) in [6.07, 6.45) is 0. The Hall–Kier alpha value is -2.48. The first kappa shape index (κ1) is 13.5. The molecule has 0 heterocycles. The molecule has 3 aromatic carbocycles. The maximum atomic E-state index is 5.45. The lowest BCUT2D eigenvalue weighted by Gasteiger charge is -2.14. The first-order chi connectivity index (χ1) is 10.2. The number of methoxy groups -OCH3 is 2. The third-order valence-electron chi connectivity index (χ3n) is 3.82. The summed E-state index contributed by atoms with van der Waals surface area (Å²) in [7, 11) is 3.34. The average Bonchev–Trinajstić information content (AvgIpc) is 2.55. The quantitative estimate of drug-likeness (QED) is 0.683. The third-order valence-corrected chi connectivity index (χ3v) is 3.82. The predicted molar refractivity (Wildman–Crippen MR) is 87.2 cm³/mol. The van der Waals surface area contributed by atoms with Crippen molar-refractivity contribution in [2.45, 2.75) is 6.92 Å². The minimum Gasteiger partial charge on any atom is -0.493 e. The van der Waals surface area contributed by atoms with E-state index < -0.39 is 0 Å².